The maximum Gasteiger partial charge on any atom is 0.409 e. The van der Waals surface area contributed by atoms with Crippen molar-refractivity contribution in [1.29, 1.82) is 0 Å². The third-order valence-electron chi connectivity index (χ3n) is 6.29. The van der Waals surface area contributed by atoms with Gasteiger partial charge in [0.15, 0.2) is 0 Å². The lowest BCUT2D eigenvalue weighted by molar-refractivity contribution is -0.142. The SMILES string of the molecule is CCOC(=O)N1CCC(N2C(=O)C(=O)/C(=C(/O)c3ccc(OC)c(Br)c3)C2c2cccnc2)CC1. The number of carbonyl (C=O) groups is 3. The van der Waals surface area contributed by atoms with Crippen molar-refractivity contribution < 1.29 is 29.0 Å². The molecule has 1 aromatic heterocycles. The molecule has 3 heterocycles. The summed E-state index contributed by atoms with van der Waals surface area (Å²) in [5.74, 6) is -1.13. The molecule has 0 radical (unpaired) electrons. The van der Waals surface area contributed by atoms with Gasteiger partial charge in [-0.1, -0.05) is 6.07 Å². The average Bonchev–Trinajstić information content (AvgIpc) is 3.14. The van der Waals surface area contributed by atoms with Crippen LogP contribution in [0.2, 0.25) is 0 Å². The minimum atomic E-state index is -0.802. The van der Waals surface area contributed by atoms with Crippen molar-refractivity contribution in [3.8, 4) is 5.75 Å². The molecule has 2 saturated heterocycles. The van der Waals surface area contributed by atoms with Gasteiger partial charge >= 0.3 is 6.09 Å². The van der Waals surface area contributed by atoms with E-state index in [2.05, 4.69) is 20.9 Å². The van der Waals surface area contributed by atoms with Crippen molar-refractivity contribution in [3.63, 3.8) is 0 Å². The lowest BCUT2D eigenvalue weighted by atomic mass is 9.94. The topological polar surface area (TPSA) is 109 Å². The first-order chi connectivity index (χ1) is 16.9. The van der Waals surface area contributed by atoms with Crippen molar-refractivity contribution in [3.05, 3.63) is 63.9 Å². The van der Waals surface area contributed by atoms with Gasteiger partial charge in [0.1, 0.15) is 11.5 Å². The molecule has 0 bridgehead atoms. The third kappa shape index (κ3) is 4.75. The van der Waals surface area contributed by atoms with E-state index in [1.54, 1.807) is 54.5 Å². The van der Waals surface area contributed by atoms with Gasteiger partial charge in [-0.15, -0.1) is 0 Å². The van der Waals surface area contributed by atoms with Crippen molar-refractivity contribution in [2.45, 2.75) is 31.8 Å². The van der Waals surface area contributed by atoms with Gasteiger partial charge < -0.3 is 24.4 Å². The van der Waals surface area contributed by atoms with Gasteiger partial charge in [-0.25, -0.2) is 4.79 Å². The van der Waals surface area contributed by atoms with Gasteiger partial charge in [0.25, 0.3) is 11.7 Å². The lowest BCUT2D eigenvalue weighted by Gasteiger charge is -2.38. The molecule has 1 atom stereocenters. The second-order valence-corrected chi connectivity index (χ2v) is 9.11. The monoisotopic (exact) mass is 543 g/mol. The number of rotatable bonds is 5. The Morgan fingerprint density at radius 3 is 2.57 bits per heavy atom. The van der Waals surface area contributed by atoms with E-state index in [0.29, 0.717) is 47.3 Å². The first-order valence-electron chi connectivity index (χ1n) is 11.3. The molecular formula is C25H26BrN3O6. The number of Topliss-reactive ketones (excluding diaryl/α,β-unsaturated/α-hetero) is 1. The fourth-order valence-electron chi connectivity index (χ4n) is 4.60. The first-order valence-corrected chi connectivity index (χ1v) is 12.1. The number of piperidine rings is 1. The van der Waals surface area contributed by atoms with Crippen LogP contribution in [0.15, 0.2) is 52.8 Å². The number of methoxy groups -OCH3 is 1. The molecule has 0 aliphatic carbocycles. The number of aliphatic hydroxyl groups excluding tert-OH is 1. The molecule has 1 N–H and O–H groups in total. The van der Waals surface area contributed by atoms with Gasteiger partial charge in [-0.3, -0.25) is 14.6 Å². The quantitative estimate of drug-likeness (QED) is 0.346. The van der Waals surface area contributed by atoms with E-state index in [-0.39, 0.29) is 30.1 Å². The highest BCUT2D eigenvalue weighted by Gasteiger charge is 2.49. The molecule has 4 rings (SSSR count). The van der Waals surface area contributed by atoms with Crippen molar-refractivity contribution in [2.75, 3.05) is 26.8 Å². The Labute approximate surface area is 211 Å². The van der Waals surface area contributed by atoms with Crippen LogP contribution in [0, 0.1) is 0 Å². The zero-order valence-corrected chi connectivity index (χ0v) is 21.0. The summed E-state index contributed by atoms with van der Waals surface area (Å²) in [6, 6.07) is 7.34. The van der Waals surface area contributed by atoms with Crippen LogP contribution in [0.4, 0.5) is 4.79 Å². The smallest absolute Gasteiger partial charge is 0.409 e. The normalized spacial score (nSPS) is 20.3. The maximum atomic E-state index is 13.3. The minimum Gasteiger partial charge on any atom is -0.507 e. The molecule has 35 heavy (non-hydrogen) atoms. The second-order valence-electron chi connectivity index (χ2n) is 8.26. The molecule has 2 amide bonds. The van der Waals surface area contributed by atoms with Crippen LogP contribution < -0.4 is 4.74 Å². The summed E-state index contributed by atoms with van der Waals surface area (Å²) in [6.07, 6.45) is 3.78. The van der Waals surface area contributed by atoms with E-state index in [0.717, 1.165) is 0 Å². The predicted molar refractivity (Wildman–Crippen MR) is 131 cm³/mol. The second kappa shape index (κ2) is 10.5. The molecule has 2 aliphatic heterocycles. The Morgan fingerprint density at radius 1 is 1.23 bits per heavy atom. The summed E-state index contributed by atoms with van der Waals surface area (Å²) in [5.41, 5.74) is 1.00. The molecule has 2 aromatic rings. The lowest BCUT2D eigenvalue weighted by Crippen LogP contribution is -2.48. The first kappa shape index (κ1) is 24.7. The number of halogens is 1. The van der Waals surface area contributed by atoms with Crippen LogP contribution in [0.1, 0.15) is 36.9 Å². The van der Waals surface area contributed by atoms with E-state index in [1.165, 1.54) is 12.0 Å². The summed E-state index contributed by atoms with van der Waals surface area (Å²) < 4.78 is 10.9. The number of nitrogens with zero attached hydrogens (tertiary/aromatic N) is 3. The summed E-state index contributed by atoms with van der Waals surface area (Å²) >= 11 is 3.40. The Morgan fingerprint density at radius 2 is 1.97 bits per heavy atom. The Kier molecular flexibility index (Phi) is 7.39. The molecule has 0 spiro atoms. The van der Waals surface area contributed by atoms with Crippen LogP contribution in [0.3, 0.4) is 0 Å². The number of hydrogen-bond donors (Lipinski definition) is 1. The molecule has 9 nitrogen and oxygen atoms in total. The molecule has 184 valence electrons. The highest BCUT2D eigenvalue weighted by Crippen LogP contribution is 2.42. The zero-order valence-electron chi connectivity index (χ0n) is 19.4. The Bertz CT molecular complexity index is 1160. The molecule has 2 aliphatic rings. The summed E-state index contributed by atoms with van der Waals surface area (Å²) in [5, 5.41) is 11.2. The molecule has 1 aromatic carbocycles. The number of carbonyl (C=O) groups excluding carboxylic acids is 3. The van der Waals surface area contributed by atoms with Gasteiger partial charge in [0.05, 0.1) is 29.8 Å². The van der Waals surface area contributed by atoms with Crippen LogP contribution in [0.5, 0.6) is 5.75 Å². The van der Waals surface area contributed by atoms with E-state index >= 15 is 0 Å². The van der Waals surface area contributed by atoms with E-state index in [4.69, 9.17) is 9.47 Å². The highest BCUT2D eigenvalue weighted by atomic mass is 79.9. The van der Waals surface area contributed by atoms with E-state index in [9.17, 15) is 19.5 Å². The predicted octanol–water partition coefficient (Wildman–Crippen LogP) is 3.90. The largest absolute Gasteiger partial charge is 0.507 e. The van der Waals surface area contributed by atoms with E-state index in [1.807, 2.05) is 0 Å². The van der Waals surface area contributed by atoms with Gasteiger partial charge in [-0.05, 0) is 65.5 Å². The number of likely N-dealkylation sites (tertiary alicyclic amines) is 2. The fraction of sp³-hybridized carbons (Fsp3) is 0.360. The van der Waals surface area contributed by atoms with E-state index < -0.39 is 17.7 Å². The van der Waals surface area contributed by atoms with Crippen LogP contribution >= 0.6 is 15.9 Å². The number of benzene rings is 1. The number of ether oxygens (including phenoxy) is 2. The standard InChI is InChI=1S/C25H26BrN3O6/c1-3-35-25(33)28-11-8-17(9-12-28)29-21(16-5-4-10-27-14-16)20(23(31)24(29)32)22(30)15-6-7-19(34-2)18(26)13-15/h4-7,10,13-14,17,21,30H,3,8-9,11-12H2,1-2H3/b22-20+. The molecule has 0 saturated carbocycles. The van der Waals surface area contributed by atoms with Gasteiger partial charge in [0, 0.05) is 37.1 Å². The fourth-order valence-corrected chi connectivity index (χ4v) is 5.14. The van der Waals surface area contributed by atoms with Crippen LogP contribution in [-0.4, -0.2) is 70.5 Å². The molecule has 10 heteroatoms. The molecule has 1 unspecified atom stereocenters. The Balaban J connectivity index is 1.73. The number of aromatic nitrogens is 1. The number of amides is 2. The van der Waals surface area contributed by atoms with Crippen molar-refractivity contribution >= 4 is 39.5 Å². The zero-order chi connectivity index (χ0) is 25.1. The Hall–Kier alpha value is -3.40. The third-order valence-corrected chi connectivity index (χ3v) is 6.91. The van der Waals surface area contributed by atoms with Gasteiger partial charge in [0.2, 0.25) is 0 Å². The molecule has 2 fully saturated rings. The average molecular weight is 544 g/mol. The van der Waals surface area contributed by atoms with Crippen LogP contribution in [0.25, 0.3) is 5.76 Å². The van der Waals surface area contributed by atoms with Crippen LogP contribution in [-0.2, 0) is 14.3 Å². The number of pyridine rings is 1. The minimum absolute atomic E-state index is 0.00730. The number of ketones is 1. The highest BCUT2D eigenvalue weighted by molar-refractivity contribution is 9.10. The summed E-state index contributed by atoms with van der Waals surface area (Å²) in [4.78, 5) is 46.0. The van der Waals surface area contributed by atoms with Crippen molar-refractivity contribution in [2.24, 2.45) is 0 Å². The molecular weight excluding hydrogens is 518 g/mol. The number of hydrogen-bond acceptors (Lipinski definition) is 7. The number of aliphatic hydroxyl groups is 1. The van der Waals surface area contributed by atoms with Gasteiger partial charge in [-0.2, -0.15) is 0 Å². The summed E-state index contributed by atoms with van der Waals surface area (Å²) in [6.45, 7) is 2.84. The maximum absolute atomic E-state index is 13.3. The summed E-state index contributed by atoms with van der Waals surface area (Å²) in [7, 11) is 1.53. The van der Waals surface area contributed by atoms with Crippen molar-refractivity contribution in [1.82, 2.24) is 14.8 Å².